The lowest BCUT2D eigenvalue weighted by atomic mass is 10.1. The van der Waals surface area contributed by atoms with Crippen molar-refractivity contribution in [1.29, 1.82) is 0 Å². The molecule has 2 aromatic rings. The summed E-state index contributed by atoms with van der Waals surface area (Å²) in [5.74, 6) is 1.95. The zero-order chi connectivity index (χ0) is 15.2. The summed E-state index contributed by atoms with van der Waals surface area (Å²) in [5, 5.41) is 1.11. The minimum Gasteiger partial charge on any atom is -0.494 e. The number of fused-ring (bicyclic) bond motifs is 1. The normalized spacial score (nSPS) is 10.9. The Labute approximate surface area is 126 Å². The summed E-state index contributed by atoms with van der Waals surface area (Å²) in [6, 6.07) is 8.26. The summed E-state index contributed by atoms with van der Waals surface area (Å²) < 4.78 is 5.57. The highest BCUT2D eigenvalue weighted by molar-refractivity contribution is 5.83. The van der Waals surface area contributed by atoms with Crippen LogP contribution in [0.1, 0.15) is 26.3 Å². The van der Waals surface area contributed by atoms with Crippen LogP contribution in [-0.2, 0) is 6.42 Å². The van der Waals surface area contributed by atoms with Crippen LogP contribution in [0.5, 0.6) is 5.75 Å². The van der Waals surface area contributed by atoms with E-state index in [1.165, 1.54) is 5.56 Å². The van der Waals surface area contributed by atoms with Gasteiger partial charge in [-0.25, -0.2) is 4.98 Å². The van der Waals surface area contributed by atoms with Gasteiger partial charge in [0.2, 0.25) is 0 Å². The second kappa shape index (κ2) is 7.27. The lowest BCUT2D eigenvalue weighted by Gasteiger charge is -2.23. The van der Waals surface area contributed by atoms with Crippen molar-refractivity contribution >= 4 is 16.7 Å². The first kappa shape index (κ1) is 15.6. The van der Waals surface area contributed by atoms with Crippen molar-refractivity contribution in [2.24, 2.45) is 5.73 Å². The molecule has 0 saturated heterocycles. The fraction of sp³-hybridized carbons (Fsp3) is 0.471. The Balaban J connectivity index is 2.52. The molecule has 0 aliphatic rings. The quantitative estimate of drug-likeness (QED) is 0.850. The second-order valence-electron chi connectivity index (χ2n) is 4.97. The fourth-order valence-corrected chi connectivity index (χ4v) is 2.58. The molecular weight excluding hydrogens is 262 g/mol. The van der Waals surface area contributed by atoms with Crippen LogP contribution in [-0.4, -0.2) is 31.2 Å². The molecule has 1 aromatic heterocycles. The van der Waals surface area contributed by atoms with Gasteiger partial charge in [0.05, 0.1) is 12.1 Å². The molecule has 4 heteroatoms. The predicted octanol–water partition coefficient (Wildman–Crippen LogP) is 2.98. The number of benzene rings is 1. The monoisotopic (exact) mass is 287 g/mol. The molecule has 0 atom stereocenters. The first-order valence-corrected chi connectivity index (χ1v) is 7.74. The summed E-state index contributed by atoms with van der Waals surface area (Å²) >= 11 is 0. The Hall–Kier alpha value is -1.81. The summed E-state index contributed by atoms with van der Waals surface area (Å²) in [5.41, 5.74) is 7.97. The van der Waals surface area contributed by atoms with E-state index in [2.05, 4.69) is 30.9 Å². The third kappa shape index (κ3) is 3.45. The molecule has 21 heavy (non-hydrogen) atoms. The number of hydrogen-bond acceptors (Lipinski definition) is 4. The number of nitrogens with zero attached hydrogens (tertiary/aromatic N) is 2. The molecule has 114 valence electrons. The smallest absolute Gasteiger partial charge is 0.132 e. The van der Waals surface area contributed by atoms with Gasteiger partial charge in [0.1, 0.15) is 11.6 Å². The molecule has 0 saturated carbocycles. The minimum atomic E-state index is 0.632. The molecule has 0 bridgehead atoms. The van der Waals surface area contributed by atoms with E-state index >= 15 is 0 Å². The van der Waals surface area contributed by atoms with Gasteiger partial charge in [-0.1, -0.05) is 0 Å². The Kier molecular flexibility index (Phi) is 5.39. The molecule has 2 N–H and O–H groups in total. The van der Waals surface area contributed by atoms with E-state index < -0.39 is 0 Å². The maximum absolute atomic E-state index is 5.76. The summed E-state index contributed by atoms with van der Waals surface area (Å²) in [6.07, 6.45) is 0.841. The van der Waals surface area contributed by atoms with Gasteiger partial charge < -0.3 is 15.4 Å². The maximum Gasteiger partial charge on any atom is 0.132 e. The molecule has 0 amide bonds. The van der Waals surface area contributed by atoms with Crippen molar-refractivity contribution in [3.8, 4) is 5.75 Å². The van der Waals surface area contributed by atoms with Crippen LogP contribution < -0.4 is 15.4 Å². The van der Waals surface area contributed by atoms with Gasteiger partial charge in [-0.2, -0.15) is 0 Å². The van der Waals surface area contributed by atoms with Gasteiger partial charge in [0.15, 0.2) is 0 Å². The Bertz CT molecular complexity index is 594. The zero-order valence-corrected chi connectivity index (χ0v) is 13.2. The Morgan fingerprint density at radius 1 is 1.14 bits per heavy atom. The topological polar surface area (TPSA) is 51.4 Å². The third-order valence-electron chi connectivity index (χ3n) is 3.63. The largest absolute Gasteiger partial charge is 0.494 e. The Morgan fingerprint density at radius 2 is 1.90 bits per heavy atom. The van der Waals surface area contributed by atoms with Crippen molar-refractivity contribution < 1.29 is 4.74 Å². The lowest BCUT2D eigenvalue weighted by molar-refractivity contribution is 0.340. The maximum atomic E-state index is 5.76. The lowest BCUT2D eigenvalue weighted by Crippen LogP contribution is -2.25. The van der Waals surface area contributed by atoms with Gasteiger partial charge in [0, 0.05) is 18.5 Å². The number of rotatable bonds is 7. The molecule has 0 unspecified atom stereocenters. The van der Waals surface area contributed by atoms with Crippen molar-refractivity contribution in [2.75, 3.05) is 31.1 Å². The van der Waals surface area contributed by atoms with Gasteiger partial charge >= 0.3 is 0 Å². The number of nitrogens with two attached hydrogens (primary N) is 1. The van der Waals surface area contributed by atoms with E-state index in [1.807, 2.05) is 19.1 Å². The van der Waals surface area contributed by atoms with Crippen LogP contribution >= 0.6 is 0 Å². The van der Waals surface area contributed by atoms with E-state index in [0.29, 0.717) is 13.2 Å². The molecule has 0 radical (unpaired) electrons. The van der Waals surface area contributed by atoms with Crippen LogP contribution in [0.15, 0.2) is 24.3 Å². The molecular formula is C17H25N3O. The number of aromatic nitrogens is 1. The predicted molar refractivity (Wildman–Crippen MR) is 89.2 cm³/mol. The summed E-state index contributed by atoms with van der Waals surface area (Å²) in [6.45, 7) is 9.50. The van der Waals surface area contributed by atoms with Crippen molar-refractivity contribution in [1.82, 2.24) is 4.98 Å². The van der Waals surface area contributed by atoms with E-state index in [-0.39, 0.29) is 0 Å². The van der Waals surface area contributed by atoms with Crippen molar-refractivity contribution in [2.45, 2.75) is 27.2 Å². The summed E-state index contributed by atoms with van der Waals surface area (Å²) in [7, 11) is 0. The first-order chi connectivity index (χ1) is 10.2. The zero-order valence-electron chi connectivity index (χ0n) is 13.2. The van der Waals surface area contributed by atoms with E-state index in [4.69, 9.17) is 15.5 Å². The van der Waals surface area contributed by atoms with E-state index in [0.717, 1.165) is 42.0 Å². The highest BCUT2D eigenvalue weighted by Gasteiger charge is 2.12. The number of pyridine rings is 1. The average molecular weight is 287 g/mol. The molecule has 0 aliphatic carbocycles. The van der Waals surface area contributed by atoms with Crippen LogP contribution in [0.3, 0.4) is 0 Å². The first-order valence-electron chi connectivity index (χ1n) is 7.74. The molecule has 1 heterocycles. The van der Waals surface area contributed by atoms with E-state index in [1.54, 1.807) is 0 Å². The van der Waals surface area contributed by atoms with Crippen LogP contribution in [0.25, 0.3) is 10.9 Å². The fourth-order valence-electron chi connectivity index (χ4n) is 2.58. The minimum absolute atomic E-state index is 0.632. The third-order valence-corrected chi connectivity index (χ3v) is 3.63. The van der Waals surface area contributed by atoms with Gasteiger partial charge in [-0.15, -0.1) is 0 Å². The molecule has 4 nitrogen and oxygen atoms in total. The number of ether oxygens (including phenoxy) is 1. The van der Waals surface area contributed by atoms with Crippen LogP contribution in [0, 0.1) is 0 Å². The molecule has 1 aromatic carbocycles. The molecule has 2 rings (SSSR count). The highest BCUT2D eigenvalue weighted by atomic mass is 16.5. The number of anilines is 1. The van der Waals surface area contributed by atoms with Crippen LogP contribution in [0.2, 0.25) is 0 Å². The van der Waals surface area contributed by atoms with Gasteiger partial charge in [-0.3, -0.25) is 0 Å². The van der Waals surface area contributed by atoms with Crippen LogP contribution in [0.4, 0.5) is 5.82 Å². The van der Waals surface area contributed by atoms with Crippen molar-refractivity contribution in [3.05, 3.63) is 29.8 Å². The Morgan fingerprint density at radius 3 is 2.52 bits per heavy atom. The molecule has 0 fully saturated rings. The van der Waals surface area contributed by atoms with E-state index in [9.17, 15) is 0 Å². The highest BCUT2D eigenvalue weighted by Crippen LogP contribution is 2.26. The van der Waals surface area contributed by atoms with Crippen molar-refractivity contribution in [3.63, 3.8) is 0 Å². The standard InChI is InChI=1S/C17H25N3O/c1-4-20(5-2)17-13(9-10-18)11-14-12-15(21-6-3)7-8-16(14)19-17/h7-8,11-12H,4-6,9-10,18H2,1-3H3. The van der Waals surface area contributed by atoms with Gasteiger partial charge in [0.25, 0.3) is 0 Å². The second-order valence-corrected chi connectivity index (χ2v) is 4.97. The summed E-state index contributed by atoms with van der Waals surface area (Å²) in [4.78, 5) is 7.13. The van der Waals surface area contributed by atoms with Gasteiger partial charge in [-0.05, 0) is 63.6 Å². The SMILES string of the molecule is CCOc1ccc2nc(N(CC)CC)c(CCN)cc2c1. The number of hydrogen-bond donors (Lipinski definition) is 1. The average Bonchev–Trinajstić information content (AvgIpc) is 2.49. The molecule has 0 aliphatic heterocycles. The molecule has 0 spiro atoms.